The molecule has 2 aromatic heterocycles. The summed E-state index contributed by atoms with van der Waals surface area (Å²) in [4.78, 5) is 30.9. The summed E-state index contributed by atoms with van der Waals surface area (Å²) in [6.07, 6.45) is 4.56. The van der Waals surface area contributed by atoms with Crippen molar-refractivity contribution >= 4 is 28.5 Å². The van der Waals surface area contributed by atoms with E-state index in [-0.39, 0.29) is 5.56 Å². The molecule has 0 N–H and O–H groups in total. The number of rotatable bonds is 6. The van der Waals surface area contributed by atoms with E-state index in [0.717, 1.165) is 24.2 Å². The molecule has 0 unspecified atom stereocenters. The maximum Gasteiger partial charge on any atom is 0.347 e. The van der Waals surface area contributed by atoms with Gasteiger partial charge in [-0.25, -0.2) is 4.79 Å². The molecule has 132 valence electrons. The molecule has 5 heteroatoms. The zero-order chi connectivity index (χ0) is 18.5. The highest BCUT2D eigenvalue weighted by atomic mass is 16.4. The van der Waals surface area contributed by atoms with E-state index in [1.165, 1.54) is 6.08 Å². The molecule has 0 saturated heterocycles. The number of aromatic nitrogens is 1. The number of anilines is 1. The largest absolute Gasteiger partial charge is 0.422 e. The summed E-state index contributed by atoms with van der Waals surface area (Å²) in [5, 5.41) is 0.718. The third-order valence-corrected chi connectivity index (χ3v) is 4.21. The van der Waals surface area contributed by atoms with Crippen molar-refractivity contribution in [3.8, 4) is 0 Å². The van der Waals surface area contributed by atoms with Crippen LogP contribution >= 0.6 is 0 Å². The van der Waals surface area contributed by atoms with Crippen LogP contribution in [-0.2, 0) is 0 Å². The smallest absolute Gasteiger partial charge is 0.347 e. The van der Waals surface area contributed by atoms with E-state index < -0.39 is 11.4 Å². The summed E-state index contributed by atoms with van der Waals surface area (Å²) in [5.74, 6) is -0.404. The Morgan fingerprint density at radius 2 is 1.96 bits per heavy atom. The van der Waals surface area contributed by atoms with E-state index in [1.54, 1.807) is 30.5 Å². The molecule has 3 rings (SSSR count). The average molecular weight is 348 g/mol. The Balaban J connectivity index is 1.93. The summed E-state index contributed by atoms with van der Waals surface area (Å²) in [7, 11) is 0. The quantitative estimate of drug-likeness (QED) is 0.384. The van der Waals surface area contributed by atoms with Crippen LogP contribution in [0.5, 0.6) is 0 Å². The monoisotopic (exact) mass is 348 g/mol. The number of pyridine rings is 1. The Kier molecular flexibility index (Phi) is 5.27. The van der Waals surface area contributed by atoms with Crippen LogP contribution in [0.4, 0.5) is 5.69 Å². The molecule has 0 saturated carbocycles. The highest BCUT2D eigenvalue weighted by Crippen LogP contribution is 2.22. The van der Waals surface area contributed by atoms with E-state index in [9.17, 15) is 9.59 Å². The lowest BCUT2D eigenvalue weighted by Crippen LogP contribution is -2.21. The van der Waals surface area contributed by atoms with Gasteiger partial charge in [-0.05, 0) is 56.3 Å². The minimum atomic E-state index is -0.634. The Hall–Kier alpha value is -3.21. The molecular formula is C21H20N2O3. The van der Waals surface area contributed by atoms with Crippen LogP contribution in [0.25, 0.3) is 17.0 Å². The third-order valence-electron chi connectivity index (χ3n) is 4.21. The fourth-order valence-electron chi connectivity index (χ4n) is 2.78. The number of carbonyl (C=O) groups excluding carboxylic acids is 1. The maximum atomic E-state index is 12.4. The van der Waals surface area contributed by atoms with Crippen molar-refractivity contribution in [2.75, 3.05) is 18.0 Å². The number of ketones is 1. The normalized spacial score (nSPS) is 11.2. The lowest BCUT2D eigenvalue weighted by atomic mass is 10.1. The molecule has 1 aromatic carbocycles. The number of carbonyl (C=O) groups is 1. The van der Waals surface area contributed by atoms with Gasteiger partial charge in [0.1, 0.15) is 11.1 Å². The minimum Gasteiger partial charge on any atom is -0.422 e. The number of benzene rings is 1. The molecule has 0 atom stereocenters. The second kappa shape index (κ2) is 7.78. The van der Waals surface area contributed by atoms with Crippen LogP contribution < -0.4 is 10.5 Å². The van der Waals surface area contributed by atoms with Gasteiger partial charge in [0, 0.05) is 36.4 Å². The van der Waals surface area contributed by atoms with Crippen molar-refractivity contribution in [1.82, 2.24) is 4.98 Å². The van der Waals surface area contributed by atoms with Crippen molar-refractivity contribution in [3.05, 3.63) is 76.4 Å². The zero-order valence-electron chi connectivity index (χ0n) is 14.8. The molecule has 3 aromatic rings. The predicted octanol–water partition coefficient (Wildman–Crippen LogP) is 3.93. The number of fused-ring (bicyclic) bond motifs is 1. The molecular weight excluding hydrogens is 328 g/mol. The summed E-state index contributed by atoms with van der Waals surface area (Å²) in [5.41, 5.74) is 1.49. The molecule has 0 aliphatic heterocycles. The highest BCUT2D eigenvalue weighted by molar-refractivity contribution is 6.07. The second-order valence-electron chi connectivity index (χ2n) is 5.79. The Morgan fingerprint density at radius 1 is 1.15 bits per heavy atom. The third kappa shape index (κ3) is 3.72. The van der Waals surface area contributed by atoms with Crippen LogP contribution in [0.3, 0.4) is 0 Å². The fourth-order valence-corrected chi connectivity index (χ4v) is 2.78. The van der Waals surface area contributed by atoms with E-state index >= 15 is 0 Å². The van der Waals surface area contributed by atoms with Crippen molar-refractivity contribution in [2.24, 2.45) is 0 Å². The molecule has 0 aliphatic carbocycles. The first-order valence-corrected chi connectivity index (χ1v) is 8.58. The van der Waals surface area contributed by atoms with Crippen LogP contribution in [0.15, 0.2) is 63.9 Å². The lowest BCUT2D eigenvalue weighted by Gasteiger charge is -2.20. The van der Waals surface area contributed by atoms with Gasteiger partial charge in [0.2, 0.25) is 0 Å². The Morgan fingerprint density at radius 3 is 2.65 bits per heavy atom. The van der Waals surface area contributed by atoms with Gasteiger partial charge in [0.05, 0.1) is 5.69 Å². The lowest BCUT2D eigenvalue weighted by molar-refractivity contribution is 0.104. The molecule has 2 heterocycles. The molecule has 5 nitrogen and oxygen atoms in total. The van der Waals surface area contributed by atoms with Gasteiger partial charge in [-0.3, -0.25) is 9.78 Å². The first kappa shape index (κ1) is 17.6. The zero-order valence-corrected chi connectivity index (χ0v) is 14.8. The van der Waals surface area contributed by atoms with Gasteiger partial charge in [0.15, 0.2) is 5.78 Å². The van der Waals surface area contributed by atoms with Crippen LogP contribution in [0, 0.1) is 0 Å². The first-order chi connectivity index (χ1) is 12.6. The summed E-state index contributed by atoms with van der Waals surface area (Å²) < 4.78 is 5.39. The molecule has 0 amide bonds. The van der Waals surface area contributed by atoms with Crippen LogP contribution in [-0.4, -0.2) is 23.9 Å². The Bertz CT molecular complexity index is 1000. The molecule has 0 spiro atoms. The number of hydrogen-bond acceptors (Lipinski definition) is 5. The molecule has 0 bridgehead atoms. The highest BCUT2D eigenvalue weighted by Gasteiger charge is 2.12. The van der Waals surface area contributed by atoms with E-state index in [1.807, 2.05) is 24.3 Å². The van der Waals surface area contributed by atoms with Crippen molar-refractivity contribution < 1.29 is 9.21 Å². The SMILES string of the molecule is CCN(CC)c1ccc2cc(C(=O)/C=C/c3ccccn3)c(=O)oc2c1. The number of nitrogens with zero attached hydrogens (tertiary/aromatic N) is 2. The van der Waals surface area contributed by atoms with Gasteiger partial charge in [-0.2, -0.15) is 0 Å². The van der Waals surface area contributed by atoms with Gasteiger partial charge in [0.25, 0.3) is 0 Å². The minimum absolute atomic E-state index is 0.0141. The van der Waals surface area contributed by atoms with E-state index in [0.29, 0.717) is 11.3 Å². The number of hydrogen-bond donors (Lipinski definition) is 0. The molecule has 0 fully saturated rings. The summed E-state index contributed by atoms with van der Waals surface area (Å²) >= 11 is 0. The van der Waals surface area contributed by atoms with Crippen LogP contribution in [0.1, 0.15) is 29.9 Å². The summed E-state index contributed by atoms with van der Waals surface area (Å²) in [6.45, 7) is 5.86. The predicted molar refractivity (Wildman–Crippen MR) is 104 cm³/mol. The molecule has 0 radical (unpaired) electrons. The van der Waals surface area contributed by atoms with Gasteiger partial charge in [-0.15, -0.1) is 0 Å². The molecule has 0 aliphatic rings. The average Bonchev–Trinajstić information content (AvgIpc) is 2.67. The van der Waals surface area contributed by atoms with Crippen molar-refractivity contribution in [3.63, 3.8) is 0 Å². The number of allylic oxidation sites excluding steroid dienone is 1. The second-order valence-corrected chi connectivity index (χ2v) is 5.79. The summed E-state index contributed by atoms with van der Waals surface area (Å²) in [6, 6.07) is 12.7. The first-order valence-electron chi connectivity index (χ1n) is 8.58. The topological polar surface area (TPSA) is 63.4 Å². The van der Waals surface area contributed by atoms with Crippen molar-refractivity contribution in [1.29, 1.82) is 0 Å². The standard InChI is InChI=1S/C21H20N2O3/c1-3-23(4-2)17-10-8-15-13-18(21(25)26-20(15)14-17)19(24)11-9-16-7-5-6-12-22-16/h5-14H,3-4H2,1-2H3/b11-9+. The molecule has 26 heavy (non-hydrogen) atoms. The van der Waals surface area contributed by atoms with E-state index in [2.05, 4.69) is 23.7 Å². The van der Waals surface area contributed by atoms with E-state index in [4.69, 9.17) is 4.42 Å². The van der Waals surface area contributed by atoms with Crippen LogP contribution in [0.2, 0.25) is 0 Å². The fraction of sp³-hybridized carbons (Fsp3) is 0.190. The Labute approximate surface area is 151 Å². The van der Waals surface area contributed by atoms with Gasteiger partial charge in [-0.1, -0.05) is 6.07 Å². The maximum absolute atomic E-state index is 12.4. The van der Waals surface area contributed by atoms with Gasteiger partial charge < -0.3 is 9.32 Å². The van der Waals surface area contributed by atoms with Gasteiger partial charge >= 0.3 is 5.63 Å². The van der Waals surface area contributed by atoms with Crippen molar-refractivity contribution in [2.45, 2.75) is 13.8 Å².